The van der Waals surface area contributed by atoms with Crippen LogP contribution in [0.1, 0.15) is 72.7 Å². The fourth-order valence-electron chi connectivity index (χ4n) is 4.29. The molecule has 1 fully saturated rings. The van der Waals surface area contributed by atoms with E-state index < -0.39 is 0 Å². The molecule has 0 saturated heterocycles. The molecular weight excluding hydrogens is 436 g/mol. The van der Waals surface area contributed by atoms with Crippen molar-refractivity contribution in [1.29, 1.82) is 0 Å². The van der Waals surface area contributed by atoms with Crippen LogP contribution in [0.15, 0.2) is 35.4 Å². The lowest BCUT2D eigenvalue weighted by atomic mass is 9.95. The molecule has 0 spiro atoms. The normalized spacial score (nSPS) is 14.5. The van der Waals surface area contributed by atoms with E-state index in [1.807, 2.05) is 24.3 Å². The first-order chi connectivity index (χ1) is 15.8. The van der Waals surface area contributed by atoms with Gasteiger partial charge in [0.2, 0.25) is 5.91 Å². The first kappa shape index (κ1) is 23.2. The van der Waals surface area contributed by atoms with Gasteiger partial charge in [-0.2, -0.15) is 0 Å². The summed E-state index contributed by atoms with van der Waals surface area (Å²) in [5.74, 6) is -0.0377. The Kier molecular flexibility index (Phi) is 6.93. The van der Waals surface area contributed by atoms with Crippen molar-refractivity contribution in [3.05, 3.63) is 57.0 Å². The van der Waals surface area contributed by atoms with Crippen LogP contribution in [-0.2, 0) is 11.3 Å². The third kappa shape index (κ3) is 5.16. The lowest BCUT2D eigenvalue weighted by molar-refractivity contribution is -0.116. The van der Waals surface area contributed by atoms with E-state index in [-0.39, 0.29) is 30.0 Å². The molecule has 0 radical (unpaired) electrons. The predicted octanol–water partition coefficient (Wildman–Crippen LogP) is 4.59. The van der Waals surface area contributed by atoms with Crippen LogP contribution in [0, 0.1) is 6.92 Å². The van der Waals surface area contributed by atoms with Gasteiger partial charge in [0, 0.05) is 11.7 Å². The van der Waals surface area contributed by atoms with Gasteiger partial charge in [0.05, 0.1) is 16.6 Å². The number of nitrogens with one attached hydrogen (secondary N) is 2. The molecule has 2 aromatic heterocycles. The number of thiophene rings is 1. The van der Waals surface area contributed by atoms with Crippen LogP contribution in [0.4, 0.5) is 5.69 Å². The highest BCUT2D eigenvalue weighted by Gasteiger charge is 2.23. The van der Waals surface area contributed by atoms with Crippen LogP contribution in [-0.4, -0.2) is 27.4 Å². The number of benzene rings is 1. The number of aryl methyl sites for hydroxylation is 1. The molecule has 1 aliphatic carbocycles. The van der Waals surface area contributed by atoms with Gasteiger partial charge in [-0.15, -0.1) is 11.3 Å². The number of carbonyl (C=O) groups excluding carboxylic acids is 2. The Bertz CT molecular complexity index is 1220. The van der Waals surface area contributed by atoms with E-state index in [0.29, 0.717) is 32.3 Å². The van der Waals surface area contributed by atoms with Gasteiger partial charge in [-0.3, -0.25) is 19.0 Å². The fraction of sp³-hybridized carbons (Fsp3) is 0.440. The molecule has 8 heteroatoms. The van der Waals surface area contributed by atoms with Gasteiger partial charge in [0.25, 0.3) is 11.5 Å². The van der Waals surface area contributed by atoms with Crippen molar-refractivity contribution in [1.82, 2.24) is 14.9 Å². The van der Waals surface area contributed by atoms with Gasteiger partial charge in [-0.1, -0.05) is 45.2 Å². The summed E-state index contributed by atoms with van der Waals surface area (Å²) in [7, 11) is 0. The zero-order valence-electron chi connectivity index (χ0n) is 19.3. The second-order valence-corrected chi connectivity index (χ2v) is 10.0. The fourth-order valence-corrected chi connectivity index (χ4v) is 5.34. The third-order valence-electron chi connectivity index (χ3n) is 6.24. The van der Waals surface area contributed by atoms with E-state index in [9.17, 15) is 14.4 Å². The maximum Gasteiger partial charge on any atom is 0.262 e. The molecule has 1 aromatic carbocycles. The average Bonchev–Trinajstić information content (AvgIpc) is 3.14. The van der Waals surface area contributed by atoms with Crippen molar-refractivity contribution in [2.45, 2.75) is 71.4 Å². The smallest absolute Gasteiger partial charge is 0.262 e. The molecular formula is C25H30N4O3S. The van der Waals surface area contributed by atoms with Gasteiger partial charge in [-0.05, 0) is 48.9 Å². The Morgan fingerprint density at radius 3 is 2.52 bits per heavy atom. The molecule has 3 aromatic rings. The summed E-state index contributed by atoms with van der Waals surface area (Å²) >= 11 is 1.23. The number of anilines is 1. The van der Waals surface area contributed by atoms with Crippen molar-refractivity contribution in [2.24, 2.45) is 0 Å². The molecule has 1 aliphatic rings. The Morgan fingerprint density at radius 1 is 1.15 bits per heavy atom. The largest absolute Gasteiger partial charge is 0.349 e. The molecule has 0 bridgehead atoms. The third-order valence-corrected chi connectivity index (χ3v) is 7.44. The first-order valence-corrected chi connectivity index (χ1v) is 12.3. The minimum Gasteiger partial charge on any atom is -0.349 e. The summed E-state index contributed by atoms with van der Waals surface area (Å²) in [4.78, 5) is 43.9. The van der Waals surface area contributed by atoms with Crippen molar-refractivity contribution >= 4 is 39.1 Å². The van der Waals surface area contributed by atoms with Crippen molar-refractivity contribution in [3.63, 3.8) is 0 Å². The number of aromatic nitrogens is 2. The lowest BCUT2D eigenvalue weighted by Gasteiger charge is -2.22. The standard InChI is InChI=1S/C25H30N4O3S/c1-15(2)17-9-11-19(12-10-17)27-20(30)13-29-14-26-24-21(25(29)32)16(3)22(33-24)23(31)28-18-7-5-4-6-8-18/h9-12,14-15,18H,4-8,13H2,1-3H3,(H,27,30)(H,28,31). The number of nitrogens with zero attached hydrogens (tertiary/aromatic N) is 2. The van der Waals surface area contributed by atoms with Gasteiger partial charge >= 0.3 is 0 Å². The molecule has 7 nitrogen and oxygen atoms in total. The predicted molar refractivity (Wildman–Crippen MR) is 132 cm³/mol. The first-order valence-electron chi connectivity index (χ1n) is 11.5. The van der Waals surface area contributed by atoms with E-state index in [4.69, 9.17) is 0 Å². The number of carbonyl (C=O) groups is 2. The SMILES string of the molecule is Cc1c(C(=O)NC2CCCCC2)sc2ncn(CC(=O)Nc3ccc(C(C)C)cc3)c(=O)c12. The van der Waals surface area contributed by atoms with Crippen LogP contribution in [0.5, 0.6) is 0 Å². The topological polar surface area (TPSA) is 93.1 Å². The van der Waals surface area contributed by atoms with E-state index in [1.165, 1.54) is 34.2 Å². The second-order valence-electron chi connectivity index (χ2n) is 9.05. The number of rotatable bonds is 6. The minimum absolute atomic E-state index is 0.143. The molecule has 33 heavy (non-hydrogen) atoms. The summed E-state index contributed by atoms with van der Waals surface area (Å²) in [5, 5.41) is 6.35. The van der Waals surface area contributed by atoms with Crippen LogP contribution >= 0.6 is 11.3 Å². The summed E-state index contributed by atoms with van der Waals surface area (Å²) < 4.78 is 1.29. The highest BCUT2D eigenvalue weighted by Crippen LogP contribution is 2.27. The lowest BCUT2D eigenvalue weighted by Crippen LogP contribution is -2.36. The van der Waals surface area contributed by atoms with Crippen LogP contribution in [0.25, 0.3) is 10.2 Å². The number of fused-ring (bicyclic) bond motifs is 1. The molecule has 2 heterocycles. The van der Waals surface area contributed by atoms with Crippen molar-refractivity contribution < 1.29 is 9.59 Å². The zero-order valence-corrected chi connectivity index (χ0v) is 20.1. The number of amides is 2. The second kappa shape index (κ2) is 9.87. The molecule has 0 atom stereocenters. The molecule has 0 unspecified atom stereocenters. The molecule has 174 valence electrons. The van der Waals surface area contributed by atoms with Crippen LogP contribution < -0.4 is 16.2 Å². The number of hydrogen-bond acceptors (Lipinski definition) is 5. The maximum absolute atomic E-state index is 13.1. The quantitative estimate of drug-likeness (QED) is 0.556. The Hall–Kier alpha value is -3.00. The highest BCUT2D eigenvalue weighted by molar-refractivity contribution is 7.20. The number of hydrogen-bond donors (Lipinski definition) is 2. The van der Waals surface area contributed by atoms with Gasteiger partial charge in [-0.25, -0.2) is 4.98 Å². The van der Waals surface area contributed by atoms with E-state index in [0.717, 1.165) is 25.7 Å². The van der Waals surface area contributed by atoms with Crippen molar-refractivity contribution in [3.8, 4) is 0 Å². The summed E-state index contributed by atoms with van der Waals surface area (Å²) in [6, 6.07) is 7.87. The summed E-state index contributed by atoms with van der Waals surface area (Å²) in [5.41, 5.74) is 2.19. The molecule has 2 N–H and O–H groups in total. The van der Waals surface area contributed by atoms with E-state index >= 15 is 0 Å². The van der Waals surface area contributed by atoms with E-state index in [1.54, 1.807) is 6.92 Å². The van der Waals surface area contributed by atoms with Gasteiger partial charge < -0.3 is 10.6 Å². The van der Waals surface area contributed by atoms with Gasteiger partial charge in [0.15, 0.2) is 0 Å². The average molecular weight is 467 g/mol. The zero-order chi connectivity index (χ0) is 23.5. The summed E-state index contributed by atoms with van der Waals surface area (Å²) in [6.45, 7) is 5.85. The monoisotopic (exact) mass is 466 g/mol. The van der Waals surface area contributed by atoms with Crippen LogP contribution in [0.2, 0.25) is 0 Å². The maximum atomic E-state index is 13.1. The highest BCUT2D eigenvalue weighted by atomic mass is 32.1. The van der Waals surface area contributed by atoms with Crippen LogP contribution in [0.3, 0.4) is 0 Å². The molecule has 2 amide bonds. The van der Waals surface area contributed by atoms with Gasteiger partial charge in [0.1, 0.15) is 11.4 Å². The Morgan fingerprint density at radius 2 is 1.85 bits per heavy atom. The Balaban J connectivity index is 1.50. The minimum atomic E-state index is -0.309. The molecule has 0 aliphatic heterocycles. The molecule has 1 saturated carbocycles. The van der Waals surface area contributed by atoms with E-state index in [2.05, 4.69) is 29.5 Å². The summed E-state index contributed by atoms with van der Waals surface area (Å²) in [6.07, 6.45) is 6.85. The Labute approximate surface area is 197 Å². The molecule has 4 rings (SSSR count). The van der Waals surface area contributed by atoms with Crippen molar-refractivity contribution in [2.75, 3.05) is 5.32 Å².